The highest BCUT2D eigenvalue weighted by atomic mass is 19.4. The van der Waals surface area contributed by atoms with Gasteiger partial charge in [-0.05, 0) is 0 Å². The van der Waals surface area contributed by atoms with Crippen LogP contribution in [0, 0.1) is 0 Å². The largest absolute Gasteiger partial charge is 0.465 e. The Morgan fingerprint density at radius 2 is 1.56 bits per heavy atom. The lowest BCUT2D eigenvalue weighted by Crippen LogP contribution is -2.46. The molecule has 10 heteroatoms. The Morgan fingerprint density at radius 1 is 1.12 bits per heavy atom. The zero-order chi connectivity index (χ0) is 13.1. The van der Waals surface area contributed by atoms with E-state index in [1.807, 2.05) is 0 Å². The normalized spacial score (nSPS) is 14.4. The Balaban J connectivity index is 4.66. The maximum absolute atomic E-state index is 12.1. The standard InChI is InChI=1S/C6H3F7O3/c7-1-2(8)3(14)16-4(15)5(9,10)6(11,12)13/h2H,1H2. The predicted octanol–water partition coefficient (Wildman–Crippen LogP) is 1.56. The van der Waals surface area contributed by atoms with E-state index in [0.29, 0.717) is 0 Å². The van der Waals surface area contributed by atoms with Crippen molar-refractivity contribution in [2.24, 2.45) is 0 Å². The molecule has 0 saturated heterocycles. The van der Waals surface area contributed by atoms with Gasteiger partial charge >= 0.3 is 24.0 Å². The zero-order valence-corrected chi connectivity index (χ0v) is 7.15. The molecule has 1 unspecified atom stereocenters. The van der Waals surface area contributed by atoms with E-state index in [4.69, 9.17) is 0 Å². The maximum atomic E-state index is 12.1. The van der Waals surface area contributed by atoms with Crippen LogP contribution in [0.5, 0.6) is 0 Å². The molecule has 16 heavy (non-hydrogen) atoms. The molecule has 0 N–H and O–H groups in total. The molecule has 0 aromatic carbocycles. The number of halogens is 7. The highest BCUT2D eigenvalue weighted by molar-refractivity contribution is 5.91. The molecule has 0 fully saturated rings. The Bertz CT molecular complexity index is 284. The third-order valence-corrected chi connectivity index (χ3v) is 1.20. The van der Waals surface area contributed by atoms with Gasteiger partial charge < -0.3 is 4.74 Å². The Hall–Kier alpha value is -1.35. The van der Waals surface area contributed by atoms with Crippen LogP contribution >= 0.6 is 0 Å². The van der Waals surface area contributed by atoms with Crippen LogP contribution in [0.15, 0.2) is 0 Å². The molecule has 3 nitrogen and oxygen atoms in total. The molecular weight excluding hydrogens is 253 g/mol. The first-order valence-electron chi connectivity index (χ1n) is 3.44. The van der Waals surface area contributed by atoms with Crippen LogP contribution in [0.1, 0.15) is 0 Å². The van der Waals surface area contributed by atoms with Crippen molar-refractivity contribution < 1.29 is 45.1 Å². The summed E-state index contributed by atoms with van der Waals surface area (Å²) < 4.78 is 84.9. The van der Waals surface area contributed by atoms with Crippen LogP contribution in [0.3, 0.4) is 0 Å². The van der Waals surface area contributed by atoms with Gasteiger partial charge in [-0.1, -0.05) is 0 Å². The summed E-state index contributed by atoms with van der Waals surface area (Å²) in [5.41, 5.74) is 0. The van der Waals surface area contributed by atoms with Crippen molar-refractivity contribution >= 4 is 11.9 Å². The van der Waals surface area contributed by atoms with Crippen molar-refractivity contribution in [1.29, 1.82) is 0 Å². The number of esters is 2. The van der Waals surface area contributed by atoms with Gasteiger partial charge in [0.15, 0.2) is 0 Å². The monoisotopic (exact) mass is 256 g/mol. The Morgan fingerprint density at radius 3 is 1.88 bits per heavy atom. The van der Waals surface area contributed by atoms with Gasteiger partial charge in [-0.15, -0.1) is 0 Å². The van der Waals surface area contributed by atoms with Crippen molar-refractivity contribution in [2.75, 3.05) is 6.67 Å². The fourth-order valence-corrected chi connectivity index (χ4v) is 0.398. The number of alkyl halides is 7. The minimum Gasteiger partial charge on any atom is -0.386 e. The molecule has 0 bridgehead atoms. The van der Waals surface area contributed by atoms with Crippen LogP contribution in [0.2, 0.25) is 0 Å². The lowest BCUT2D eigenvalue weighted by molar-refractivity contribution is -0.279. The molecule has 0 heterocycles. The summed E-state index contributed by atoms with van der Waals surface area (Å²) in [7, 11) is 0. The molecule has 94 valence electrons. The van der Waals surface area contributed by atoms with Crippen molar-refractivity contribution in [3.05, 3.63) is 0 Å². The van der Waals surface area contributed by atoms with E-state index in [0.717, 1.165) is 0 Å². The molecule has 0 aliphatic carbocycles. The molecule has 0 saturated carbocycles. The van der Waals surface area contributed by atoms with Crippen LogP contribution in [-0.4, -0.2) is 36.9 Å². The second-order valence-electron chi connectivity index (χ2n) is 2.40. The number of carbonyl (C=O) groups is 2. The molecular formula is C6H3F7O3. The summed E-state index contributed by atoms with van der Waals surface area (Å²) in [6, 6.07) is 0. The van der Waals surface area contributed by atoms with Crippen molar-refractivity contribution in [1.82, 2.24) is 0 Å². The molecule has 1 atom stereocenters. The minimum atomic E-state index is -6.29. The Labute approximate surface area is 83.2 Å². The van der Waals surface area contributed by atoms with E-state index >= 15 is 0 Å². The van der Waals surface area contributed by atoms with Crippen LogP contribution in [0.25, 0.3) is 0 Å². The average molecular weight is 256 g/mol. The summed E-state index contributed by atoms with van der Waals surface area (Å²) in [6.07, 6.45) is -9.38. The highest BCUT2D eigenvalue weighted by Gasteiger charge is 2.65. The third kappa shape index (κ3) is 3.07. The minimum absolute atomic E-state index is 2.01. The lowest BCUT2D eigenvalue weighted by Gasteiger charge is -2.17. The predicted molar refractivity (Wildman–Crippen MR) is 33.0 cm³/mol. The summed E-state index contributed by atoms with van der Waals surface area (Å²) in [5, 5.41) is 0. The van der Waals surface area contributed by atoms with Gasteiger partial charge in [0.2, 0.25) is 6.17 Å². The molecule has 0 amide bonds. The smallest absolute Gasteiger partial charge is 0.386 e. The molecule has 0 aliphatic heterocycles. The van der Waals surface area contributed by atoms with Gasteiger partial charge in [-0.3, -0.25) is 0 Å². The van der Waals surface area contributed by atoms with Crippen LogP contribution < -0.4 is 0 Å². The molecule has 0 aromatic heterocycles. The lowest BCUT2D eigenvalue weighted by atomic mass is 10.3. The summed E-state index contributed by atoms with van der Waals surface area (Å²) >= 11 is 0. The number of hydrogen-bond donors (Lipinski definition) is 0. The van der Waals surface area contributed by atoms with Crippen molar-refractivity contribution in [3.8, 4) is 0 Å². The van der Waals surface area contributed by atoms with E-state index in [1.54, 1.807) is 0 Å². The second kappa shape index (κ2) is 4.66. The molecule has 0 aliphatic rings. The number of ether oxygens (including phenoxy) is 1. The van der Waals surface area contributed by atoms with E-state index in [1.165, 1.54) is 0 Å². The van der Waals surface area contributed by atoms with Gasteiger partial charge in [0.05, 0.1) is 0 Å². The molecule has 0 radical (unpaired) electrons. The maximum Gasteiger partial charge on any atom is 0.465 e. The van der Waals surface area contributed by atoms with Gasteiger partial charge in [-0.25, -0.2) is 18.4 Å². The first-order chi connectivity index (χ1) is 7.04. The zero-order valence-electron chi connectivity index (χ0n) is 7.15. The van der Waals surface area contributed by atoms with Gasteiger partial charge in [0.1, 0.15) is 6.67 Å². The van der Waals surface area contributed by atoms with Gasteiger partial charge in [0.25, 0.3) is 0 Å². The fourth-order valence-electron chi connectivity index (χ4n) is 0.398. The van der Waals surface area contributed by atoms with Crippen molar-refractivity contribution in [3.63, 3.8) is 0 Å². The highest BCUT2D eigenvalue weighted by Crippen LogP contribution is 2.36. The average Bonchev–Trinajstić information content (AvgIpc) is 2.14. The Kier molecular flexibility index (Phi) is 4.27. The van der Waals surface area contributed by atoms with E-state index in [2.05, 4.69) is 4.74 Å². The quantitative estimate of drug-likeness (QED) is 0.437. The van der Waals surface area contributed by atoms with Crippen molar-refractivity contribution in [2.45, 2.75) is 18.3 Å². The van der Waals surface area contributed by atoms with Gasteiger partial charge in [0, 0.05) is 0 Å². The molecule has 0 rings (SSSR count). The summed E-state index contributed by atoms with van der Waals surface area (Å²) in [4.78, 5) is 20.3. The van der Waals surface area contributed by atoms with E-state index < -0.39 is 36.9 Å². The number of carbonyl (C=O) groups excluding carboxylic acids is 2. The molecule has 0 aromatic rings. The summed E-state index contributed by atoms with van der Waals surface area (Å²) in [5.74, 6) is -11.7. The topological polar surface area (TPSA) is 43.4 Å². The van der Waals surface area contributed by atoms with Crippen LogP contribution in [-0.2, 0) is 14.3 Å². The van der Waals surface area contributed by atoms with E-state index in [-0.39, 0.29) is 0 Å². The fraction of sp³-hybridized carbons (Fsp3) is 0.667. The second-order valence-corrected chi connectivity index (χ2v) is 2.40. The number of hydrogen-bond acceptors (Lipinski definition) is 3. The third-order valence-electron chi connectivity index (χ3n) is 1.20. The summed E-state index contributed by atoms with van der Waals surface area (Å²) in [6.45, 7) is -2.01. The van der Waals surface area contributed by atoms with Crippen LogP contribution in [0.4, 0.5) is 30.7 Å². The first-order valence-corrected chi connectivity index (χ1v) is 3.44. The first kappa shape index (κ1) is 14.7. The molecule has 0 spiro atoms. The van der Waals surface area contributed by atoms with Gasteiger partial charge in [-0.2, -0.15) is 22.0 Å². The van der Waals surface area contributed by atoms with E-state index in [9.17, 15) is 40.3 Å². The number of rotatable bonds is 3. The SMILES string of the molecule is O=C(OC(=O)C(F)(F)C(F)(F)F)C(F)CF.